The van der Waals surface area contributed by atoms with Crippen molar-refractivity contribution >= 4 is 28.8 Å². The molecule has 0 aliphatic carbocycles. The number of aryl methyl sites for hydroxylation is 1. The fourth-order valence-corrected chi connectivity index (χ4v) is 2.41. The van der Waals surface area contributed by atoms with Crippen LogP contribution in [0.25, 0.3) is 11.1 Å². The number of rotatable bonds is 3. The van der Waals surface area contributed by atoms with Gasteiger partial charge in [-0.3, -0.25) is 4.68 Å². The first kappa shape index (κ1) is 11.8. The normalized spacial score (nSPS) is 11.0. The molecule has 3 aromatic rings. The van der Waals surface area contributed by atoms with E-state index in [4.69, 9.17) is 9.52 Å². The van der Waals surface area contributed by atoms with Crippen LogP contribution < -0.4 is 0 Å². The van der Waals surface area contributed by atoms with Crippen LogP contribution in [0, 0.1) is 0 Å². The van der Waals surface area contributed by atoms with Gasteiger partial charge < -0.3 is 9.52 Å². The number of benzene rings is 1. The highest BCUT2D eigenvalue weighted by Crippen LogP contribution is 2.29. The van der Waals surface area contributed by atoms with Crippen molar-refractivity contribution in [2.75, 3.05) is 0 Å². The molecule has 3 rings (SSSR count). The fourth-order valence-electron chi connectivity index (χ4n) is 1.63. The zero-order valence-corrected chi connectivity index (χ0v) is 10.7. The van der Waals surface area contributed by atoms with Gasteiger partial charge in [0.2, 0.25) is 0 Å². The van der Waals surface area contributed by atoms with Crippen molar-refractivity contribution in [2.24, 2.45) is 7.05 Å². The molecule has 0 spiro atoms. The molecule has 0 fully saturated rings. The van der Waals surface area contributed by atoms with Crippen LogP contribution in [-0.4, -0.2) is 25.8 Å². The second-order valence-electron chi connectivity index (χ2n) is 3.92. The van der Waals surface area contributed by atoms with E-state index >= 15 is 0 Å². The summed E-state index contributed by atoms with van der Waals surface area (Å²) in [5.74, 6) is -0.986. The third-order valence-corrected chi connectivity index (χ3v) is 3.30. The first-order chi connectivity index (χ1) is 9.11. The average molecular weight is 275 g/mol. The molecule has 0 atom stereocenters. The van der Waals surface area contributed by atoms with Crippen LogP contribution in [0.3, 0.4) is 0 Å². The number of hydrogen-bond acceptors (Lipinski definition) is 5. The van der Waals surface area contributed by atoms with Gasteiger partial charge in [0.05, 0.1) is 16.7 Å². The van der Waals surface area contributed by atoms with Crippen molar-refractivity contribution in [1.82, 2.24) is 14.8 Å². The number of carboxylic acids is 1. The fraction of sp³-hybridized carbons (Fsp3) is 0.0833. The smallest absolute Gasteiger partial charge is 0.335 e. The average Bonchev–Trinajstić information content (AvgIpc) is 2.94. The largest absolute Gasteiger partial charge is 0.478 e. The molecule has 1 aromatic carbocycles. The third-order valence-electron chi connectivity index (χ3n) is 2.50. The van der Waals surface area contributed by atoms with Gasteiger partial charge in [-0.25, -0.2) is 9.78 Å². The highest BCUT2D eigenvalue weighted by atomic mass is 32.2. The first-order valence-corrected chi connectivity index (χ1v) is 6.24. The number of nitrogens with zero attached hydrogens (tertiary/aromatic N) is 3. The zero-order chi connectivity index (χ0) is 13.4. The van der Waals surface area contributed by atoms with Crippen LogP contribution in [-0.2, 0) is 7.05 Å². The van der Waals surface area contributed by atoms with Crippen molar-refractivity contribution in [3.8, 4) is 0 Å². The molecule has 0 bridgehead atoms. The van der Waals surface area contributed by atoms with E-state index < -0.39 is 5.97 Å². The van der Waals surface area contributed by atoms with Crippen molar-refractivity contribution < 1.29 is 14.3 Å². The quantitative estimate of drug-likeness (QED) is 0.790. The topological polar surface area (TPSA) is 81.2 Å². The minimum absolute atomic E-state index is 0.182. The molecule has 0 aliphatic heterocycles. The Morgan fingerprint density at radius 3 is 3.00 bits per heavy atom. The lowest BCUT2D eigenvalue weighted by Gasteiger charge is -1.91. The molecule has 0 amide bonds. The Labute approximate surface area is 112 Å². The summed E-state index contributed by atoms with van der Waals surface area (Å²) in [6.45, 7) is 0. The van der Waals surface area contributed by atoms with Crippen molar-refractivity contribution in [3.05, 3.63) is 36.2 Å². The number of carboxylic acid groups (broad SMARTS) is 1. The predicted octanol–water partition coefficient (Wildman–Crippen LogP) is 2.41. The minimum atomic E-state index is -0.986. The van der Waals surface area contributed by atoms with Gasteiger partial charge in [0, 0.05) is 13.2 Å². The Kier molecular flexibility index (Phi) is 2.75. The van der Waals surface area contributed by atoms with Crippen LogP contribution in [0.5, 0.6) is 0 Å². The van der Waals surface area contributed by atoms with Crippen LogP contribution in [0.4, 0.5) is 0 Å². The summed E-state index contributed by atoms with van der Waals surface area (Å²) in [7, 11) is 1.83. The summed E-state index contributed by atoms with van der Waals surface area (Å²) in [6.07, 6.45) is 3.56. The number of oxazole rings is 1. The maximum absolute atomic E-state index is 10.9. The maximum atomic E-state index is 10.9. The summed E-state index contributed by atoms with van der Waals surface area (Å²) in [5, 5.41) is 13.4. The summed E-state index contributed by atoms with van der Waals surface area (Å²) < 4.78 is 7.21. The van der Waals surface area contributed by atoms with Crippen LogP contribution in [0.15, 0.2) is 45.1 Å². The number of hydrogen-bond donors (Lipinski definition) is 1. The molecule has 0 aliphatic rings. The van der Waals surface area contributed by atoms with Gasteiger partial charge >= 0.3 is 5.97 Å². The number of fused-ring (bicyclic) bond motifs is 1. The molecule has 0 unspecified atom stereocenters. The number of aromatic nitrogens is 3. The lowest BCUT2D eigenvalue weighted by molar-refractivity contribution is 0.0697. The number of carbonyl (C=O) groups is 1. The lowest BCUT2D eigenvalue weighted by Crippen LogP contribution is -1.94. The molecule has 2 aromatic heterocycles. The molecule has 19 heavy (non-hydrogen) atoms. The van der Waals surface area contributed by atoms with Crippen LogP contribution in [0.1, 0.15) is 10.4 Å². The molecule has 6 nitrogen and oxygen atoms in total. The summed E-state index contributed by atoms with van der Waals surface area (Å²) in [4.78, 5) is 16.1. The molecule has 0 radical (unpaired) electrons. The zero-order valence-electron chi connectivity index (χ0n) is 9.90. The molecule has 0 saturated heterocycles. The summed E-state index contributed by atoms with van der Waals surface area (Å²) in [5.41, 5.74) is 1.28. The van der Waals surface area contributed by atoms with Gasteiger partial charge in [0.15, 0.2) is 5.58 Å². The van der Waals surface area contributed by atoms with Crippen LogP contribution >= 0.6 is 11.8 Å². The van der Waals surface area contributed by atoms with Crippen LogP contribution in [0.2, 0.25) is 0 Å². The van der Waals surface area contributed by atoms with E-state index in [1.54, 1.807) is 16.9 Å². The van der Waals surface area contributed by atoms with E-state index in [9.17, 15) is 4.79 Å². The van der Waals surface area contributed by atoms with Crippen molar-refractivity contribution in [3.63, 3.8) is 0 Å². The molecular formula is C12H9N3O3S. The van der Waals surface area contributed by atoms with Gasteiger partial charge in [-0.2, -0.15) is 5.10 Å². The summed E-state index contributed by atoms with van der Waals surface area (Å²) >= 11 is 1.34. The van der Waals surface area contributed by atoms with Gasteiger partial charge in [0.25, 0.3) is 5.22 Å². The molecule has 1 N–H and O–H groups in total. The highest BCUT2D eigenvalue weighted by Gasteiger charge is 2.11. The molecular weight excluding hydrogens is 266 g/mol. The molecule has 0 saturated carbocycles. The standard InChI is InChI=1S/C12H9N3O3S/c1-15-6-8(5-13-15)19-12-14-9-3-2-7(11(16)17)4-10(9)18-12/h2-6H,1H3,(H,16,17). The Bertz CT molecular complexity index is 763. The second kappa shape index (κ2) is 4.43. The molecule has 96 valence electrons. The highest BCUT2D eigenvalue weighted by molar-refractivity contribution is 7.99. The van der Waals surface area contributed by atoms with E-state index in [1.807, 2.05) is 13.2 Å². The Balaban J connectivity index is 1.95. The van der Waals surface area contributed by atoms with E-state index in [2.05, 4.69) is 10.1 Å². The van der Waals surface area contributed by atoms with Gasteiger partial charge in [-0.05, 0) is 30.0 Å². The summed E-state index contributed by atoms with van der Waals surface area (Å²) in [6, 6.07) is 4.61. The van der Waals surface area contributed by atoms with E-state index in [0.29, 0.717) is 16.3 Å². The monoisotopic (exact) mass is 275 g/mol. The van der Waals surface area contributed by atoms with Gasteiger partial charge in [-0.15, -0.1) is 0 Å². The Morgan fingerprint density at radius 2 is 2.32 bits per heavy atom. The SMILES string of the molecule is Cn1cc(Sc2nc3ccc(C(=O)O)cc3o2)cn1. The third kappa shape index (κ3) is 2.32. The van der Waals surface area contributed by atoms with E-state index in [0.717, 1.165) is 4.90 Å². The molecule has 2 heterocycles. The minimum Gasteiger partial charge on any atom is -0.478 e. The predicted molar refractivity (Wildman–Crippen MR) is 68.3 cm³/mol. The van der Waals surface area contributed by atoms with Crippen molar-refractivity contribution in [2.45, 2.75) is 10.1 Å². The molecule has 7 heteroatoms. The second-order valence-corrected chi connectivity index (χ2v) is 4.94. The maximum Gasteiger partial charge on any atom is 0.335 e. The van der Waals surface area contributed by atoms with E-state index in [1.165, 1.54) is 23.9 Å². The van der Waals surface area contributed by atoms with Crippen molar-refractivity contribution in [1.29, 1.82) is 0 Å². The van der Waals surface area contributed by atoms with Gasteiger partial charge in [-0.1, -0.05) is 0 Å². The Morgan fingerprint density at radius 1 is 1.47 bits per heavy atom. The number of aromatic carboxylic acids is 1. The van der Waals surface area contributed by atoms with E-state index in [-0.39, 0.29) is 5.56 Å². The Hall–Kier alpha value is -2.28. The first-order valence-electron chi connectivity index (χ1n) is 5.42. The van der Waals surface area contributed by atoms with Gasteiger partial charge in [0.1, 0.15) is 5.52 Å². The lowest BCUT2D eigenvalue weighted by atomic mass is 10.2.